The fraction of sp³-hybridized carbons (Fsp3) is 0.250. The minimum Gasteiger partial charge on any atom is -0.370 e. The van der Waals surface area contributed by atoms with Gasteiger partial charge in [-0.3, -0.25) is 10.1 Å². The summed E-state index contributed by atoms with van der Waals surface area (Å²) >= 11 is 18.1. The average molecular weight is 472 g/mol. The molecule has 0 atom stereocenters. The standard InChI is InChI=1S/C24H23Cl2N3OS/c1-15-10-12-29(13-11-15)22-9-8-16(14-21(22)26)27-24(31)28-23(30)19-6-2-5-18-17(19)4-3-7-20(18)25/h2-9,14-15H,10-13H2,1H3,(H2,27,28,30,31). The van der Waals surface area contributed by atoms with Crippen LogP contribution in [0.2, 0.25) is 10.0 Å². The number of carbonyl (C=O) groups is 1. The molecule has 1 heterocycles. The predicted octanol–water partition coefficient (Wildman–Crippen LogP) is 6.51. The third kappa shape index (κ3) is 4.95. The molecule has 4 rings (SSSR count). The zero-order valence-electron chi connectivity index (χ0n) is 17.1. The molecule has 0 aliphatic carbocycles. The van der Waals surface area contributed by atoms with E-state index in [4.69, 9.17) is 35.4 Å². The predicted molar refractivity (Wildman–Crippen MR) is 135 cm³/mol. The van der Waals surface area contributed by atoms with E-state index in [2.05, 4.69) is 22.5 Å². The van der Waals surface area contributed by atoms with Crippen molar-refractivity contribution < 1.29 is 4.79 Å². The molecule has 3 aromatic rings. The average Bonchev–Trinajstić information content (AvgIpc) is 2.74. The summed E-state index contributed by atoms with van der Waals surface area (Å²) in [6.45, 7) is 4.31. The van der Waals surface area contributed by atoms with Crippen molar-refractivity contribution in [3.63, 3.8) is 0 Å². The van der Waals surface area contributed by atoms with Crippen molar-refractivity contribution in [3.05, 3.63) is 70.2 Å². The van der Waals surface area contributed by atoms with Crippen molar-refractivity contribution >= 4 is 68.6 Å². The van der Waals surface area contributed by atoms with E-state index in [1.54, 1.807) is 18.2 Å². The Balaban J connectivity index is 1.44. The van der Waals surface area contributed by atoms with Crippen LogP contribution in [-0.2, 0) is 0 Å². The molecule has 1 amide bonds. The van der Waals surface area contributed by atoms with Crippen LogP contribution in [0.5, 0.6) is 0 Å². The highest BCUT2D eigenvalue weighted by Gasteiger charge is 2.18. The van der Waals surface area contributed by atoms with Crippen molar-refractivity contribution in [2.24, 2.45) is 5.92 Å². The third-order valence-electron chi connectivity index (χ3n) is 5.67. The second-order valence-electron chi connectivity index (χ2n) is 7.88. The number of benzene rings is 3. The Kier molecular flexibility index (Phi) is 6.65. The van der Waals surface area contributed by atoms with Gasteiger partial charge in [-0.25, -0.2) is 0 Å². The van der Waals surface area contributed by atoms with Gasteiger partial charge >= 0.3 is 0 Å². The molecule has 2 N–H and O–H groups in total. The van der Waals surface area contributed by atoms with Gasteiger partial charge in [0.25, 0.3) is 5.91 Å². The van der Waals surface area contributed by atoms with Crippen molar-refractivity contribution in [3.8, 4) is 0 Å². The van der Waals surface area contributed by atoms with Crippen molar-refractivity contribution in [2.75, 3.05) is 23.3 Å². The number of hydrogen-bond donors (Lipinski definition) is 2. The van der Waals surface area contributed by atoms with Crippen LogP contribution in [0.4, 0.5) is 11.4 Å². The molecule has 0 unspecified atom stereocenters. The maximum absolute atomic E-state index is 12.8. The Bertz CT molecular complexity index is 1140. The molecule has 4 nitrogen and oxygen atoms in total. The van der Waals surface area contributed by atoms with E-state index in [1.807, 2.05) is 36.4 Å². The van der Waals surface area contributed by atoms with Gasteiger partial charge in [-0.15, -0.1) is 0 Å². The lowest BCUT2D eigenvalue weighted by Gasteiger charge is -2.32. The molecular weight excluding hydrogens is 449 g/mol. The molecular formula is C24H23Cl2N3OS. The second-order valence-corrected chi connectivity index (χ2v) is 9.11. The summed E-state index contributed by atoms with van der Waals surface area (Å²) < 4.78 is 0. The highest BCUT2D eigenvalue weighted by molar-refractivity contribution is 7.80. The van der Waals surface area contributed by atoms with Crippen LogP contribution in [0, 0.1) is 5.92 Å². The fourth-order valence-electron chi connectivity index (χ4n) is 3.89. The van der Waals surface area contributed by atoms with E-state index >= 15 is 0 Å². The molecule has 1 fully saturated rings. The van der Waals surface area contributed by atoms with E-state index in [9.17, 15) is 4.79 Å². The van der Waals surface area contributed by atoms with Gasteiger partial charge in [-0.2, -0.15) is 0 Å². The Hall–Kier alpha value is -2.34. The lowest BCUT2D eigenvalue weighted by Crippen LogP contribution is -2.34. The second kappa shape index (κ2) is 9.43. The Labute approximate surface area is 197 Å². The largest absolute Gasteiger partial charge is 0.370 e. The van der Waals surface area contributed by atoms with Crippen LogP contribution in [0.3, 0.4) is 0 Å². The van der Waals surface area contributed by atoms with E-state index in [0.717, 1.165) is 41.2 Å². The van der Waals surface area contributed by atoms with Gasteiger partial charge in [0, 0.05) is 34.7 Å². The molecule has 160 valence electrons. The summed E-state index contributed by atoms with van der Waals surface area (Å²) in [6, 6.07) is 16.7. The minimum absolute atomic E-state index is 0.208. The number of thiocarbonyl (C=S) groups is 1. The quantitative estimate of drug-likeness (QED) is 0.427. The summed E-state index contributed by atoms with van der Waals surface area (Å²) in [5.41, 5.74) is 2.27. The van der Waals surface area contributed by atoms with Crippen molar-refractivity contribution in [1.82, 2.24) is 5.32 Å². The fourth-order valence-corrected chi connectivity index (χ4v) is 4.64. The first-order valence-corrected chi connectivity index (χ1v) is 11.4. The Morgan fingerprint density at radius 3 is 2.45 bits per heavy atom. The lowest BCUT2D eigenvalue weighted by molar-refractivity contribution is 0.0979. The summed E-state index contributed by atoms with van der Waals surface area (Å²) in [6.07, 6.45) is 2.34. The van der Waals surface area contributed by atoms with Gasteiger partial charge in [0.15, 0.2) is 5.11 Å². The van der Waals surface area contributed by atoms with Gasteiger partial charge in [0.1, 0.15) is 0 Å². The SMILES string of the molecule is CC1CCN(c2ccc(NC(=S)NC(=O)c3cccc4c(Cl)cccc34)cc2Cl)CC1. The number of piperidine rings is 1. The van der Waals surface area contributed by atoms with Gasteiger partial charge in [0.05, 0.1) is 10.7 Å². The van der Waals surface area contributed by atoms with Crippen LogP contribution in [0.1, 0.15) is 30.1 Å². The normalized spacial score (nSPS) is 14.5. The number of halogens is 2. The number of nitrogens with zero attached hydrogens (tertiary/aromatic N) is 1. The maximum atomic E-state index is 12.8. The van der Waals surface area contributed by atoms with Crippen molar-refractivity contribution in [2.45, 2.75) is 19.8 Å². The molecule has 31 heavy (non-hydrogen) atoms. The highest BCUT2D eigenvalue weighted by atomic mass is 35.5. The number of amides is 1. The van der Waals surface area contributed by atoms with Gasteiger partial charge < -0.3 is 10.2 Å². The smallest absolute Gasteiger partial charge is 0.258 e. The van der Waals surface area contributed by atoms with Gasteiger partial charge in [0.2, 0.25) is 0 Å². The molecule has 0 radical (unpaired) electrons. The molecule has 7 heteroatoms. The number of carbonyl (C=O) groups excluding carboxylic acids is 1. The van der Waals surface area contributed by atoms with E-state index in [-0.39, 0.29) is 11.0 Å². The number of anilines is 2. The molecule has 1 aliphatic rings. The molecule has 1 aliphatic heterocycles. The zero-order valence-corrected chi connectivity index (χ0v) is 19.4. The molecule has 0 bridgehead atoms. The van der Waals surface area contributed by atoms with Crippen LogP contribution >= 0.6 is 35.4 Å². The number of nitrogens with one attached hydrogen (secondary N) is 2. The summed E-state index contributed by atoms with van der Waals surface area (Å²) in [5, 5.41) is 8.87. The lowest BCUT2D eigenvalue weighted by atomic mass is 9.99. The maximum Gasteiger partial charge on any atom is 0.258 e. The van der Waals surface area contributed by atoms with Crippen molar-refractivity contribution in [1.29, 1.82) is 0 Å². The van der Waals surface area contributed by atoms with E-state index in [1.165, 1.54) is 12.8 Å². The molecule has 3 aromatic carbocycles. The Morgan fingerprint density at radius 2 is 1.71 bits per heavy atom. The first-order chi connectivity index (χ1) is 14.9. The van der Waals surface area contributed by atoms with Crippen LogP contribution < -0.4 is 15.5 Å². The van der Waals surface area contributed by atoms with Crippen LogP contribution in [-0.4, -0.2) is 24.1 Å². The van der Waals surface area contributed by atoms with Crippen LogP contribution in [0.15, 0.2) is 54.6 Å². The van der Waals surface area contributed by atoms with Gasteiger partial charge in [-0.05, 0) is 66.7 Å². The summed E-state index contributed by atoms with van der Waals surface area (Å²) in [5.74, 6) is 0.463. The molecule has 0 saturated carbocycles. The van der Waals surface area contributed by atoms with Gasteiger partial charge in [-0.1, -0.05) is 54.4 Å². The first-order valence-electron chi connectivity index (χ1n) is 10.3. The van der Waals surface area contributed by atoms with Crippen LogP contribution in [0.25, 0.3) is 10.8 Å². The molecule has 1 saturated heterocycles. The molecule has 0 aromatic heterocycles. The Morgan fingerprint density at radius 1 is 1.00 bits per heavy atom. The topological polar surface area (TPSA) is 44.4 Å². The summed E-state index contributed by atoms with van der Waals surface area (Å²) in [7, 11) is 0. The van der Waals surface area contributed by atoms with E-state index in [0.29, 0.717) is 15.6 Å². The summed E-state index contributed by atoms with van der Waals surface area (Å²) in [4.78, 5) is 15.1. The monoisotopic (exact) mass is 471 g/mol. The number of hydrogen-bond acceptors (Lipinski definition) is 3. The van der Waals surface area contributed by atoms with E-state index < -0.39 is 0 Å². The number of fused-ring (bicyclic) bond motifs is 1. The minimum atomic E-state index is -0.296. The third-order valence-corrected chi connectivity index (χ3v) is 6.51. The highest BCUT2D eigenvalue weighted by Crippen LogP contribution is 2.32. The zero-order chi connectivity index (χ0) is 22.0. The first kappa shape index (κ1) is 21.9. The number of rotatable bonds is 3. The molecule has 0 spiro atoms.